The van der Waals surface area contributed by atoms with Crippen LogP contribution < -0.4 is 5.32 Å². The summed E-state index contributed by atoms with van der Waals surface area (Å²) in [5, 5.41) is 12.0. The zero-order valence-electron chi connectivity index (χ0n) is 10.9. The van der Waals surface area contributed by atoms with E-state index < -0.39 is 6.04 Å². The number of hydrogen-bond donors (Lipinski definition) is 1. The van der Waals surface area contributed by atoms with Gasteiger partial charge in [-0.2, -0.15) is 5.26 Å². The lowest BCUT2D eigenvalue weighted by molar-refractivity contribution is -0.119. The second-order valence-corrected chi connectivity index (χ2v) is 5.01. The summed E-state index contributed by atoms with van der Waals surface area (Å²) in [7, 11) is 0. The number of amides is 1. The van der Waals surface area contributed by atoms with Crippen LogP contribution in [0.25, 0.3) is 0 Å². The Morgan fingerprint density at radius 3 is 3.00 bits per heavy atom. The third-order valence-electron chi connectivity index (χ3n) is 3.56. The van der Waals surface area contributed by atoms with Crippen LogP contribution in [0, 0.1) is 18.3 Å². The van der Waals surface area contributed by atoms with E-state index in [0.717, 1.165) is 19.3 Å². The molecule has 1 amide bonds. The average Bonchev–Trinajstić information content (AvgIpc) is 2.35. The van der Waals surface area contributed by atoms with Crippen molar-refractivity contribution in [2.75, 3.05) is 0 Å². The zero-order chi connectivity index (χ0) is 13.1. The summed E-state index contributed by atoms with van der Waals surface area (Å²) in [5.74, 6) is -0.0103. The van der Waals surface area contributed by atoms with Crippen LogP contribution in [0.4, 0.5) is 0 Å². The quantitative estimate of drug-likeness (QED) is 0.866. The Labute approximate surface area is 108 Å². The van der Waals surface area contributed by atoms with Crippen LogP contribution in [0.3, 0.4) is 0 Å². The molecule has 0 aromatic heterocycles. The fraction of sp³-hybridized carbons (Fsp3) is 0.467. The molecule has 0 fully saturated rings. The van der Waals surface area contributed by atoms with Crippen LogP contribution in [-0.4, -0.2) is 11.9 Å². The second-order valence-electron chi connectivity index (χ2n) is 5.01. The smallest absolute Gasteiger partial charge is 0.217 e. The number of nitriles is 1. The van der Waals surface area contributed by atoms with E-state index in [-0.39, 0.29) is 11.8 Å². The van der Waals surface area contributed by atoms with E-state index in [0.29, 0.717) is 0 Å². The first kappa shape index (κ1) is 12.6. The maximum Gasteiger partial charge on any atom is 0.217 e. The normalized spacial score (nSPS) is 19.5. The molecule has 0 saturated carbocycles. The Bertz CT molecular complexity index is 502. The standard InChI is InChI=1S/C15H18N2O/c1-10-6-7-12-4-3-5-13(14(12)8-10)15(9-16)17-11(2)18/h6-8,13,15H,3-5H2,1-2H3,(H,17,18)/t13-,15+/m0/s1. The second kappa shape index (κ2) is 5.22. The first-order chi connectivity index (χ1) is 8.61. The predicted octanol–water partition coefficient (Wildman–Crippen LogP) is 2.44. The van der Waals surface area contributed by atoms with Gasteiger partial charge < -0.3 is 5.32 Å². The van der Waals surface area contributed by atoms with Gasteiger partial charge in [0.15, 0.2) is 0 Å². The molecule has 1 aromatic carbocycles. The molecule has 2 atom stereocenters. The van der Waals surface area contributed by atoms with E-state index in [1.807, 2.05) is 0 Å². The fourth-order valence-corrected chi connectivity index (χ4v) is 2.74. The van der Waals surface area contributed by atoms with Crippen LogP contribution in [0.1, 0.15) is 42.4 Å². The molecule has 2 rings (SSSR count). The molecule has 3 nitrogen and oxygen atoms in total. The third-order valence-corrected chi connectivity index (χ3v) is 3.56. The summed E-state index contributed by atoms with van der Waals surface area (Å²) < 4.78 is 0. The fourth-order valence-electron chi connectivity index (χ4n) is 2.74. The number of hydrogen-bond acceptors (Lipinski definition) is 2. The van der Waals surface area contributed by atoms with Gasteiger partial charge in [0.05, 0.1) is 6.07 Å². The Morgan fingerprint density at radius 2 is 2.33 bits per heavy atom. The van der Waals surface area contributed by atoms with Gasteiger partial charge in [0, 0.05) is 12.8 Å². The maximum absolute atomic E-state index is 11.2. The van der Waals surface area contributed by atoms with Gasteiger partial charge in [-0.3, -0.25) is 4.79 Å². The molecule has 3 heteroatoms. The van der Waals surface area contributed by atoms with Crippen molar-refractivity contribution < 1.29 is 4.79 Å². The molecule has 1 N–H and O–H groups in total. The first-order valence-electron chi connectivity index (χ1n) is 6.38. The lowest BCUT2D eigenvalue weighted by atomic mass is 9.78. The van der Waals surface area contributed by atoms with Crippen molar-refractivity contribution in [2.24, 2.45) is 0 Å². The molecule has 0 unspecified atom stereocenters. The number of carbonyl (C=O) groups is 1. The van der Waals surface area contributed by atoms with Gasteiger partial charge in [-0.05, 0) is 37.3 Å². The lowest BCUT2D eigenvalue weighted by Gasteiger charge is -2.29. The Kier molecular flexibility index (Phi) is 3.66. The van der Waals surface area contributed by atoms with Crippen molar-refractivity contribution in [3.8, 4) is 6.07 Å². The highest BCUT2D eigenvalue weighted by molar-refractivity contribution is 5.73. The third kappa shape index (κ3) is 2.53. The Hall–Kier alpha value is -1.82. The van der Waals surface area contributed by atoms with Crippen molar-refractivity contribution in [1.82, 2.24) is 5.32 Å². The molecule has 18 heavy (non-hydrogen) atoms. The van der Waals surface area contributed by atoms with Crippen molar-refractivity contribution in [3.05, 3.63) is 34.9 Å². The molecule has 0 heterocycles. The number of nitrogens with zero attached hydrogens (tertiary/aromatic N) is 1. The van der Waals surface area contributed by atoms with Gasteiger partial charge in [-0.15, -0.1) is 0 Å². The minimum absolute atomic E-state index is 0.127. The van der Waals surface area contributed by atoms with Crippen LogP contribution in [0.2, 0.25) is 0 Å². The number of carbonyl (C=O) groups excluding carboxylic acids is 1. The lowest BCUT2D eigenvalue weighted by Crippen LogP contribution is -2.38. The predicted molar refractivity (Wildman–Crippen MR) is 70.1 cm³/mol. The van der Waals surface area contributed by atoms with Crippen molar-refractivity contribution in [3.63, 3.8) is 0 Å². The van der Waals surface area contributed by atoms with E-state index >= 15 is 0 Å². The monoisotopic (exact) mass is 242 g/mol. The average molecular weight is 242 g/mol. The summed E-state index contributed by atoms with van der Waals surface area (Å²) >= 11 is 0. The van der Waals surface area contributed by atoms with Crippen LogP contribution in [0.5, 0.6) is 0 Å². The van der Waals surface area contributed by atoms with Gasteiger partial charge in [-0.1, -0.05) is 23.8 Å². The van der Waals surface area contributed by atoms with Gasteiger partial charge in [-0.25, -0.2) is 0 Å². The van der Waals surface area contributed by atoms with Gasteiger partial charge in [0.2, 0.25) is 5.91 Å². The molecule has 1 aromatic rings. The molecule has 1 aliphatic carbocycles. The summed E-state index contributed by atoms with van der Waals surface area (Å²) in [4.78, 5) is 11.2. The first-order valence-corrected chi connectivity index (χ1v) is 6.38. The highest BCUT2D eigenvalue weighted by Crippen LogP contribution is 2.34. The number of fused-ring (bicyclic) bond motifs is 1. The zero-order valence-corrected chi connectivity index (χ0v) is 10.9. The topological polar surface area (TPSA) is 52.9 Å². The number of aryl methyl sites for hydroxylation is 2. The van der Waals surface area contributed by atoms with E-state index in [4.69, 9.17) is 0 Å². The van der Waals surface area contributed by atoms with Crippen molar-refractivity contribution in [1.29, 1.82) is 5.26 Å². The number of rotatable bonds is 2. The number of benzene rings is 1. The Balaban J connectivity index is 2.34. The highest BCUT2D eigenvalue weighted by Gasteiger charge is 2.28. The van der Waals surface area contributed by atoms with Gasteiger partial charge in [0.25, 0.3) is 0 Å². The largest absolute Gasteiger partial charge is 0.340 e. The molecule has 0 aliphatic heterocycles. The number of nitrogens with one attached hydrogen (secondary N) is 1. The molecule has 0 bridgehead atoms. The molecule has 0 radical (unpaired) electrons. The van der Waals surface area contributed by atoms with Gasteiger partial charge in [0.1, 0.15) is 6.04 Å². The van der Waals surface area contributed by atoms with Gasteiger partial charge >= 0.3 is 0 Å². The van der Waals surface area contributed by atoms with Crippen LogP contribution >= 0.6 is 0 Å². The molecule has 0 saturated heterocycles. The van der Waals surface area contributed by atoms with E-state index in [1.54, 1.807) is 0 Å². The summed E-state index contributed by atoms with van der Waals surface area (Å²) in [6.07, 6.45) is 3.12. The Morgan fingerprint density at radius 1 is 1.56 bits per heavy atom. The molecular weight excluding hydrogens is 224 g/mol. The van der Waals surface area contributed by atoms with Crippen molar-refractivity contribution in [2.45, 2.75) is 45.1 Å². The molecule has 94 valence electrons. The summed E-state index contributed by atoms with van der Waals surface area (Å²) in [6, 6.07) is 8.24. The van der Waals surface area contributed by atoms with Crippen molar-refractivity contribution >= 4 is 5.91 Å². The summed E-state index contributed by atoms with van der Waals surface area (Å²) in [6.45, 7) is 3.52. The van der Waals surface area contributed by atoms with E-state index in [2.05, 4.69) is 36.5 Å². The minimum Gasteiger partial charge on any atom is -0.340 e. The molecule has 0 spiro atoms. The maximum atomic E-state index is 11.2. The molecule has 1 aliphatic rings. The molecular formula is C15H18N2O. The van der Waals surface area contributed by atoms with E-state index in [1.165, 1.54) is 23.6 Å². The van der Waals surface area contributed by atoms with Crippen LogP contribution in [-0.2, 0) is 11.2 Å². The SMILES string of the molecule is CC(=O)N[C@H](C#N)[C@H]1CCCc2ccc(C)cc21. The van der Waals surface area contributed by atoms with E-state index in [9.17, 15) is 10.1 Å². The summed E-state index contributed by atoms with van der Waals surface area (Å²) in [5.41, 5.74) is 3.77. The van der Waals surface area contributed by atoms with Crippen LogP contribution in [0.15, 0.2) is 18.2 Å². The minimum atomic E-state index is -0.414. The highest BCUT2D eigenvalue weighted by atomic mass is 16.1.